The average Bonchev–Trinajstić information content (AvgIpc) is 3.04. The van der Waals surface area contributed by atoms with Crippen LogP contribution in [-0.2, 0) is 11.3 Å². The number of rotatable bonds is 4. The Morgan fingerprint density at radius 2 is 2.00 bits per heavy atom. The second-order valence-corrected chi connectivity index (χ2v) is 5.66. The summed E-state index contributed by atoms with van der Waals surface area (Å²) in [6, 6.07) is 8.65. The number of carboxylic acids is 1. The molecule has 6 heteroatoms. The third-order valence-electron chi connectivity index (χ3n) is 4.00. The number of benzene rings is 1. The number of fused-ring (bicyclic) bond motifs is 1. The van der Waals surface area contributed by atoms with Gasteiger partial charge in [-0.2, -0.15) is 0 Å². The molecular formula is C17H16CaClNO3. The molecule has 0 amide bonds. The number of aliphatic carboxylic acids is 1. The Balaban J connectivity index is 0.00000192. The Kier molecular flexibility index (Phi) is 5.74. The van der Waals surface area contributed by atoms with Gasteiger partial charge in [-0.05, 0) is 18.1 Å². The van der Waals surface area contributed by atoms with Gasteiger partial charge in [0.05, 0.1) is 10.9 Å². The molecule has 3 rings (SSSR count). The molecule has 0 saturated heterocycles. The largest absolute Gasteiger partial charge is 2.00 e. The van der Waals surface area contributed by atoms with Gasteiger partial charge in [-0.1, -0.05) is 48.5 Å². The first kappa shape index (κ1) is 18.3. The molecule has 1 aromatic heterocycles. The number of halogens is 1. The average molecular weight is 358 g/mol. The predicted octanol–water partition coefficient (Wildman–Crippen LogP) is 3.43. The first-order chi connectivity index (χ1) is 10.5. The molecule has 0 fully saturated rings. The van der Waals surface area contributed by atoms with E-state index in [1.807, 2.05) is 12.1 Å². The second kappa shape index (κ2) is 7.22. The molecule has 2 aromatic rings. The minimum absolute atomic E-state index is 0. The van der Waals surface area contributed by atoms with E-state index in [-0.39, 0.29) is 46.4 Å². The van der Waals surface area contributed by atoms with Crippen LogP contribution >= 0.6 is 11.6 Å². The predicted molar refractivity (Wildman–Crippen MR) is 92.4 cm³/mol. The van der Waals surface area contributed by atoms with Gasteiger partial charge in [-0.15, -0.1) is 0 Å². The number of ketones is 1. The SMILES string of the molecule is C=Cc1ccc(C(=O)c2c(Cl)cc3n2CCC3C(=O)O)cc1.[Ca+2].[H-].[H-]. The molecule has 4 nitrogen and oxygen atoms in total. The summed E-state index contributed by atoms with van der Waals surface area (Å²) >= 11 is 6.19. The van der Waals surface area contributed by atoms with Crippen molar-refractivity contribution >= 4 is 67.2 Å². The third kappa shape index (κ3) is 3.26. The van der Waals surface area contributed by atoms with Gasteiger partial charge in [0.1, 0.15) is 5.69 Å². The van der Waals surface area contributed by atoms with Crippen LogP contribution < -0.4 is 0 Å². The van der Waals surface area contributed by atoms with Crippen molar-refractivity contribution in [2.75, 3.05) is 0 Å². The maximum atomic E-state index is 12.7. The van der Waals surface area contributed by atoms with Crippen molar-refractivity contribution < 1.29 is 17.5 Å². The topological polar surface area (TPSA) is 59.3 Å². The minimum atomic E-state index is -0.887. The van der Waals surface area contributed by atoms with Crippen LogP contribution in [0.5, 0.6) is 0 Å². The van der Waals surface area contributed by atoms with Crippen LogP contribution in [0.15, 0.2) is 36.9 Å². The summed E-state index contributed by atoms with van der Waals surface area (Å²) < 4.78 is 1.73. The molecule has 0 saturated carbocycles. The number of nitrogens with zero attached hydrogens (tertiary/aromatic N) is 1. The van der Waals surface area contributed by atoms with Crippen LogP contribution in [0.25, 0.3) is 6.08 Å². The molecule has 0 radical (unpaired) electrons. The van der Waals surface area contributed by atoms with E-state index < -0.39 is 11.9 Å². The van der Waals surface area contributed by atoms with Gasteiger partial charge in [-0.25, -0.2) is 0 Å². The van der Waals surface area contributed by atoms with E-state index in [9.17, 15) is 14.7 Å². The number of carboxylic acid groups (broad SMARTS) is 1. The molecule has 1 aliphatic rings. The summed E-state index contributed by atoms with van der Waals surface area (Å²) in [5.74, 6) is -1.68. The number of aromatic nitrogens is 1. The van der Waals surface area contributed by atoms with Crippen molar-refractivity contribution in [3.8, 4) is 0 Å². The first-order valence-corrected chi connectivity index (χ1v) is 7.29. The van der Waals surface area contributed by atoms with E-state index >= 15 is 0 Å². The molecule has 1 unspecified atom stereocenters. The zero-order chi connectivity index (χ0) is 15.9. The standard InChI is InChI=1S/C17H14ClNO3.Ca.2H/c1-2-10-3-5-11(6-4-10)16(20)15-13(18)9-14-12(17(21)22)7-8-19(14)15;;;/h2-6,9,12H,1,7-8H2,(H,21,22);;;/q;+2;2*-1. The number of carbonyl (C=O) groups excluding carboxylic acids is 1. The van der Waals surface area contributed by atoms with Crippen molar-refractivity contribution in [3.05, 3.63) is 64.4 Å². The molecule has 23 heavy (non-hydrogen) atoms. The molecule has 0 aliphatic carbocycles. The van der Waals surface area contributed by atoms with E-state index in [2.05, 4.69) is 6.58 Å². The van der Waals surface area contributed by atoms with Gasteiger partial charge in [0.15, 0.2) is 0 Å². The molecule has 2 heterocycles. The molecule has 1 aliphatic heterocycles. The van der Waals surface area contributed by atoms with Crippen molar-refractivity contribution in [1.82, 2.24) is 4.57 Å². The monoisotopic (exact) mass is 357 g/mol. The van der Waals surface area contributed by atoms with E-state index in [1.165, 1.54) is 0 Å². The molecule has 1 N–H and O–H groups in total. The summed E-state index contributed by atoms with van der Waals surface area (Å²) in [7, 11) is 0. The summed E-state index contributed by atoms with van der Waals surface area (Å²) in [4.78, 5) is 23.9. The van der Waals surface area contributed by atoms with Gasteiger partial charge in [0, 0.05) is 17.8 Å². The van der Waals surface area contributed by atoms with Crippen molar-refractivity contribution in [2.45, 2.75) is 18.9 Å². The van der Waals surface area contributed by atoms with Gasteiger partial charge in [-0.3, -0.25) is 9.59 Å². The molecule has 1 aromatic carbocycles. The summed E-state index contributed by atoms with van der Waals surface area (Å²) in [6.45, 7) is 4.17. The van der Waals surface area contributed by atoms with Crippen LogP contribution in [0.3, 0.4) is 0 Å². The zero-order valence-corrected chi connectivity index (χ0v) is 15.4. The molecular weight excluding hydrogens is 342 g/mol. The molecule has 0 bridgehead atoms. The Hall–Kier alpha value is -1.07. The zero-order valence-electron chi connectivity index (χ0n) is 14.5. The van der Waals surface area contributed by atoms with E-state index in [0.29, 0.717) is 34.9 Å². The van der Waals surface area contributed by atoms with Crippen LogP contribution in [0.4, 0.5) is 0 Å². The number of hydrogen-bond donors (Lipinski definition) is 1. The molecule has 1 atom stereocenters. The number of hydrogen-bond acceptors (Lipinski definition) is 2. The minimum Gasteiger partial charge on any atom is -1.00 e. The Morgan fingerprint density at radius 1 is 1.35 bits per heavy atom. The Labute approximate surface area is 171 Å². The fourth-order valence-electron chi connectivity index (χ4n) is 2.86. The third-order valence-corrected chi connectivity index (χ3v) is 4.29. The molecule has 0 spiro atoms. The fraction of sp³-hybridized carbons (Fsp3) is 0.176. The quantitative estimate of drug-likeness (QED) is 0.673. The van der Waals surface area contributed by atoms with Crippen LogP contribution in [-0.4, -0.2) is 59.2 Å². The fourth-order valence-corrected chi connectivity index (χ4v) is 3.16. The van der Waals surface area contributed by atoms with Crippen molar-refractivity contribution in [2.24, 2.45) is 0 Å². The van der Waals surface area contributed by atoms with E-state index in [4.69, 9.17) is 11.6 Å². The first-order valence-electron chi connectivity index (χ1n) is 6.92. The number of carbonyl (C=O) groups is 2. The smallest absolute Gasteiger partial charge is 1.00 e. The van der Waals surface area contributed by atoms with Gasteiger partial charge >= 0.3 is 43.7 Å². The van der Waals surface area contributed by atoms with Gasteiger partial charge < -0.3 is 12.5 Å². The van der Waals surface area contributed by atoms with E-state index in [0.717, 1.165) is 5.56 Å². The summed E-state index contributed by atoms with van der Waals surface area (Å²) in [5.41, 5.74) is 2.41. The maximum Gasteiger partial charge on any atom is 2.00 e. The van der Waals surface area contributed by atoms with Gasteiger partial charge in [0.2, 0.25) is 5.78 Å². The summed E-state index contributed by atoms with van der Waals surface area (Å²) in [5, 5.41) is 9.53. The van der Waals surface area contributed by atoms with Crippen LogP contribution in [0.1, 0.15) is 42.5 Å². The van der Waals surface area contributed by atoms with Gasteiger partial charge in [0.25, 0.3) is 0 Å². The van der Waals surface area contributed by atoms with Crippen molar-refractivity contribution in [1.29, 1.82) is 0 Å². The Morgan fingerprint density at radius 3 is 2.57 bits per heavy atom. The summed E-state index contributed by atoms with van der Waals surface area (Å²) in [6.07, 6.45) is 2.19. The maximum absolute atomic E-state index is 12.7. The normalized spacial score (nSPS) is 15.6. The van der Waals surface area contributed by atoms with Crippen LogP contribution in [0, 0.1) is 0 Å². The second-order valence-electron chi connectivity index (χ2n) is 5.25. The van der Waals surface area contributed by atoms with Crippen LogP contribution in [0.2, 0.25) is 5.02 Å². The van der Waals surface area contributed by atoms with E-state index in [1.54, 1.807) is 28.8 Å². The Bertz CT molecular complexity index is 790. The van der Waals surface area contributed by atoms with Crippen molar-refractivity contribution in [3.63, 3.8) is 0 Å². The molecule has 116 valence electrons.